The highest BCUT2D eigenvalue weighted by Gasteiger charge is 2.35. The number of phenols is 1. The SMILES string of the molecule is O=C(O)c1ccc(S(=O)(=O)O)cc1N1C(=O)/C(=C/c2ccccc2O)N=C1c1ccccc1. The Balaban J connectivity index is 1.96. The van der Waals surface area contributed by atoms with Crippen LogP contribution in [0.3, 0.4) is 0 Å². The Labute approximate surface area is 188 Å². The van der Waals surface area contributed by atoms with Crippen molar-refractivity contribution in [2.75, 3.05) is 4.90 Å². The maximum atomic E-state index is 13.4. The summed E-state index contributed by atoms with van der Waals surface area (Å²) >= 11 is 0. The molecule has 4 rings (SSSR count). The Bertz CT molecular complexity index is 1440. The molecule has 1 aliphatic heterocycles. The van der Waals surface area contributed by atoms with E-state index < -0.39 is 26.9 Å². The third-order valence-corrected chi connectivity index (χ3v) is 5.71. The van der Waals surface area contributed by atoms with E-state index in [2.05, 4.69) is 4.99 Å². The number of amidine groups is 1. The normalized spacial score (nSPS) is 15.1. The van der Waals surface area contributed by atoms with Crippen molar-refractivity contribution in [3.63, 3.8) is 0 Å². The summed E-state index contributed by atoms with van der Waals surface area (Å²) < 4.78 is 32.8. The van der Waals surface area contributed by atoms with Crippen molar-refractivity contribution in [3.05, 3.63) is 95.2 Å². The second-order valence-electron chi connectivity index (χ2n) is 6.99. The van der Waals surface area contributed by atoms with Gasteiger partial charge in [0.2, 0.25) is 0 Å². The molecule has 0 saturated carbocycles. The second kappa shape index (κ2) is 8.34. The van der Waals surface area contributed by atoms with Crippen molar-refractivity contribution in [1.29, 1.82) is 0 Å². The fraction of sp³-hybridized carbons (Fsp3) is 0. The van der Waals surface area contributed by atoms with Gasteiger partial charge >= 0.3 is 5.97 Å². The lowest BCUT2D eigenvalue weighted by Gasteiger charge is -2.21. The average Bonchev–Trinajstić information content (AvgIpc) is 3.10. The van der Waals surface area contributed by atoms with Gasteiger partial charge in [-0.3, -0.25) is 14.2 Å². The Kier molecular flexibility index (Phi) is 5.54. The van der Waals surface area contributed by atoms with Gasteiger partial charge in [0.1, 0.15) is 17.3 Å². The van der Waals surface area contributed by atoms with Crippen molar-refractivity contribution in [2.45, 2.75) is 4.90 Å². The summed E-state index contributed by atoms with van der Waals surface area (Å²) in [5.41, 5.74) is 0.00203. The van der Waals surface area contributed by atoms with Gasteiger partial charge in [0.25, 0.3) is 16.0 Å². The molecule has 0 aliphatic carbocycles. The zero-order valence-corrected chi connectivity index (χ0v) is 17.6. The van der Waals surface area contributed by atoms with Crippen LogP contribution in [0.2, 0.25) is 0 Å². The van der Waals surface area contributed by atoms with Gasteiger partial charge in [-0.2, -0.15) is 8.42 Å². The number of carboxylic acid groups (broad SMARTS) is 1. The Morgan fingerprint density at radius 2 is 1.64 bits per heavy atom. The van der Waals surface area contributed by atoms with E-state index in [1.165, 1.54) is 12.1 Å². The number of nitrogens with zero attached hydrogens (tertiary/aromatic N) is 2. The first-order chi connectivity index (χ1) is 15.7. The van der Waals surface area contributed by atoms with E-state index in [-0.39, 0.29) is 28.5 Å². The zero-order valence-electron chi connectivity index (χ0n) is 16.8. The van der Waals surface area contributed by atoms with Crippen LogP contribution in [0.1, 0.15) is 21.5 Å². The smallest absolute Gasteiger partial charge is 0.337 e. The van der Waals surface area contributed by atoms with Crippen LogP contribution in [0.4, 0.5) is 5.69 Å². The molecule has 0 aromatic heterocycles. The van der Waals surface area contributed by atoms with E-state index in [4.69, 9.17) is 0 Å². The maximum absolute atomic E-state index is 13.4. The van der Waals surface area contributed by atoms with Gasteiger partial charge in [-0.25, -0.2) is 9.79 Å². The number of benzene rings is 3. The fourth-order valence-electron chi connectivity index (χ4n) is 3.32. The van der Waals surface area contributed by atoms with Crippen LogP contribution in [0, 0.1) is 0 Å². The molecule has 0 bridgehead atoms. The van der Waals surface area contributed by atoms with Gasteiger partial charge < -0.3 is 10.2 Å². The molecule has 0 atom stereocenters. The highest BCUT2D eigenvalue weighted by atomic mass is 32.2. The molecule has 3 aromatic carbocycles. The number of carbonyl (C=O) groups excluding carboxylic acids is 1. The number of phenolic OH excluding ortho intramolecular Hbond substituents is 1. The van der Waals surface area contributed by atoms with Crippen molar-refractivity contribution < 1.29 is 32.8 Å². The molecular weight excluding hydrogens is 448 g/mol. The molecule has 0 radical (unpaired) electrons. The number of aromatic carboxylic acids is 1. The van der Waals surface area contributed by atoms with Gasteiger partial charge in [-0.05, 0) is 30.3 Å². The first-order valence-corrected chi connectivity index (χ1v) is 10.9. The molecule has 1 aliphatic rings. The van der Waals surface area contributed by atoms with E-state index >= 15 is 0 Å². The van der Waals surface area contributed by atoms with Gasteiger partial charge in [0, 0.05) is 11.1 Å². The number of carboxylic acids is 1. The van der Waals surface area contributed by atoms with Crippen molar-refractivity contribution in [2.24, 2.45) is 4.99 Å². The lowest BCUT2D eigenvalue weighted by molar-refractivity contribution is -0.113. The van der Waals surface area contributed by atoms with Crippen molar-refractivity contribution >= 4 is 39.6 Å². The van der Waals surface area contributed by atoms with Crippen LogP contribution in [-0.2, 0) is 14.9 Å². The molecule has 1 heterocycles. The largest absolute Gasteiger partial charge is 0.507 e. The molecule has 0 saturated heterocycles. The van der Waals surface area contributed by atoms with Gasteiger partial charge in [0.05, 0.1) is 16.1 Å². The van der Waals surface area contributed by atoms with Crippen LogP contribution in [0.15, 0.2) is 88.4 Å². The average molecular weight is 464 g/mol. The number of hydrogen-bond acceptors (Lipinski definition) is 6. The number of hydrogen-bond donors (Lipinski definition) is 3. The molecule has 3 aromatic rings. The number of anilines is 1. The quantitative estimate of drug-likeness (QED) is 0.388. The Morgan fingerprint density at radius 3 is 2.27 bits per heavy atom. The van der Waals surface area contributed by atoms with E-state index in [1.54, 1.807) is 48.5 Å². The lowest BCUT2D eigenvalue weighted by atomic mass is 10.1. The highest BCUT2D eigenvalue weighted by molar-refractivity contribution is 7.85. The van der Waals surface area contributed by atoms with E-state index in [9.17, 15) is 32.8 Å². The molecule has 10 heteroatoms. The number of aromatic hydroxyl groups is 1. The van der Waals surface area contributed by atoms with Crippen molar-refractivity contribution in [1.82, 2.24) is 0 Å². The molecule has 3 N–H and O–H groups in total. The predicted octanol–water partition coefficient (Wildman–Crippen LogP) is 3.17. The van der Waals surface area contributed by atoms with Crippen LogP contribution >= 0.6 is 0 Å². The first-order valence-electron chi connectivity index (χ1n) is 9.50. The van der Waals surface area contributed by atoms with Gasteiger partial charge in [0.15, 0.2) is 0 Å². The molecule has 166 valence electrons. The minimum absolute atomic E-state index is 0.0530. The number of carbonyl (C=O) groups is 2. The monoisotopic (exact) mass is 464 g/mol. The zero-order chi connectivity index (χ0) is 23.8. The summed E-state index contributed by atoms with van der Waals surface area (Å²) in [4.78, 5) is 30.0. The summed E-state index contributed by atoms with van der Waals surface area (Å²) in [7, 11) is -4.68. The molecule has 9 nitrogen and oxygen atoms in total. The molecule has 0 spiro atoms. The number of para-hydroxylation sites is 1. The summed E-state index contributed by atoms with van der Waals surface area (Å²) in [6, 6.07) is 17.5. The highest BCUT2D eigenvalue weighted by Crippen LogP contribution is 2.33. The van der Waals surface area contributed by atoms with Gasteiger partial charge in [-0.15, -0.1) is 0 Å². The van der Waals surface area contributed by atoms with Crippen LogP contribution < -0.4 is 4.90 Å². The maximum Gasteiger partial charge on any atom is 0.337 e. The van der Waals surface area contributed by atoms with Crippen LogP contribution in [0.5, 0.6) is 5.75 Å². The number of aliphatic imine (C=N–C) groups is 1. The van der Waals surface area contributed by atoms with E-state index in [0.29, 0.717) is 11.1 Å². The minimum Gasteiger partial charge on any atom is -0.507 e. The molecule has 0 fully saturated rings. The molecule has 1 amide bonds. The van der Waals surface area contributed by atoms with Crippen LogP contribution in [-0.4, -0.2) is 40.9 Å². The van der Waals surface area contributed by atoms with Gasteiger partial charge in [-0.1, -0.05) is 48.5 Å². The van der Waals surface area contributed by atoms with E-state index in [1.807, 2.05) is 0 Å². The summed E-state index contributed by atoms with van der Waals surface area (Å²) in [6.45, 7) is 0. The minimum atomic E-state index is -4.68. The number of rotatable bonds is 5. The topological polar surface area (TPSA) is 145 Å². The summed E-state index contributed by atoms with van der Waals surface area (Å²) in [5.74, 6) is -2.19. The Morgan fingerprint density at radius 1 is 0.970 bits per heavy atom. The molecule has 0 unspecified atom stereocenters. The van der Waals surface area contributed by atoms with Crippen molar-refractivity contribution in [3.8, 4) is 5.75 Å². The predicted molar refractivity (Wildman–Crippen MR) is 120 cm³/mol. The fourth-order valence-corrected chi connectivity index (χ4v) is 3.82. The Hall–Kier alpha value is -4.28. The molecular formula is C23H16N2O7S. The van der Waals surface area contributed by atoms with Crippen LogP contribution in [0.25, 0.3) is 6.08 Å². The third-order valence-electron chi connectivity index (χ3n) is 4.86. The third kappa shape index (κ3) is 4.25. The van der Waals surface area contributed by atoms with E-state index in [0.717, 1.165) is 23.1 Å². The molecule has 33 heavy (non-hydrogen) atoms. The standard InChI is InChI=1S/C23H16N2O7S/c26-20-9-5-4-8-15(20)12-18-22(27)25(21(24-18)14-6-2-1-3-7-14)19-13-16(33(30,31)32)10-11-17(19)23(28)29/h1-13,26H,(H,28,29)(H,30,31,32)/b18-12-. The second-order valence-corrected chi connectivity index (χ2v) is 8.41. The summed E-state index contributed by atoms with van der Waals surface area (Å²) in [6.07, 6.45) is 1.34. The lowest BCUT2D eigenvalue weighted by Crippen LogP contribution is -2.34. The first kappa shape index (κ1) is 21.9. The number of amides is 1. The summed E-state index contributed by atoms with van der Waals surface area (Å²) in [5, 5.41) is 19.7.